The molecule has 0 bridgehead atoms. The standard InChI is InChI=1S/C46H53N7O8/c1-26(2)40(50-45(57)59-3)43(55)53-18-6-8-38(53)42-47-25-36(49-42)32-12-11-28-21-29(9-10-30(28)22-32)31-13-14-33-34(23-31)48-35(24-39(33)54)37-7-5-17-52(37)44(56)41(51-46(58)60-4)27-15-19-61-20-16-27/h9-14,21-27,37-38,40-41H,5-8,15-20H2,1-4H3,(H,47,49)(H,48,54)(H,50,57)(H,51,58)/t37?,38-,40-,41?/m0/s1. The SMILES string of the molecule is COC(=O)NC(C(=O)N1CCCC1c1cc(=O)c2ccc(-c3ccc4cc(-c5cnc([C@@H]6CCCN6C(=O)[C@@H](NC(=O)OC)C(C)C)[nH]5)ccc4c3)cc2[nH]1)C1CCOCC1. The van der Waals surface area contributed by atoms with E-state index in [4.69, 9.17) is 19.2 Å². The van der Waals surface area contributed by atoms with Gasteiger partial charge in [0.1, 0.15) is 17.9 Å². The van der Waals surface area contributed by atoms with Gasteiger partial charge in [-0.2, -0.15) is 0 Å². The number of H-pyrrole nitrogens is 2. The summed E-state index contributed by atoms with van der Waals surface area (Å²) >= 11 is 0. The summed E-state index contributed by atoms with van der Waals surface area (Å²) in [6.45, 7) is 5.93. The minimum Gasteiger partial charge on any atom is -0.453 e. The van der Waals surface area contributed by atoms with Gasteiger partial charge >= 0.3 is 12.2 Å². The topological polar surface area (TPSA) is 188 Å². The van der Waals surface area contributed by atoms with Crippen LogP contribution in [0.1, 0.15) is 76.0 Å². The van der Waals surface area contributed by atoms with E-state index in [0.29, 0.717) is 68.0 Å². The van der Waals surface area contributed by atoms with E-state index in [0.717, 1.165) is 52.4 Å². The lowest BCUT2D eigenvalue weighted by atomic mass is 9.90. The normalized spacial score (nSPS) is 19.3. The van der Waals surface area contributed by atoms with Crippen LogP contribution in [0.15, 0.2) is 71.7 Å². The van der Waals surface area contributed by atoms with Crippen LogP contribution in [-0.2, 0) is 23.8 Å². The number of pyridine rings is 1. The third-order valence-corrected chi connectivity index (χ3v) is 12.5. The molecule has 2 unspecified atom stereocenters. The van der Waals surface area contributed by atoms with Gasteiger partial charge in [0.05, 0.1) is 43.7 Å². The van der Waals surface area contributed by atoms with Crippen molar-refractivity contribution in [1.82, 2.24) is 35.4 Å². The summed E-state index contributed by atoms with van der Waals surface area (Å²) in [5, 5.41) is 8.12. The molecule has 3 fully saturated rings. The van der Waals surface area contributed by atoms with Crippen molar-refractivity contribution in [3.63, 3.8) is 0 Å². The van der Waals surface area contributed by atoms with Gasteiger partial charge in [0.25, 0.3) is 0 Å². The molecule has 15 nitrogen and oxygen atoms in total. The van der Waals surface area contributed by atoms with Gasteiger partial charge in [-0.15, -0.1) is 0 Å². The van der Waals surface area contributed by atoms with Crippen molar-refractivity contribution >= 4 is 45.7 Å². The molecule has 5 heterocycles. The number of hydrogen-bond donors (Lipinski definition) is 4. The van der Waals surface area contributed by atoms with Crippen molar-refractivity contribution in [2.45, 2.75) is 76.5 Å². The Morgan fingerprint density at radius 2 is 1.38 bits per heavy atom. The van der Waals surface area contributed by atoms with Gasteiger partial charge in [0, 0.05) is 49.0 Å². The highest BCUT2D eigenvalue weighted by atomic mass is 16.5. The highest BCUT2D eigenvalue weighted by Crippen LogP contribution is 2.36. The molecule has 4 atom stereocenters. The molecule has 4 amide bonds. The van der Waals surface area contributed by atoms with E-state index >= 15 is 0 Å². The Balaban J connectivity index is 1.01. The minimum atomic E-state index is -0.751. The lowest BCUT2D eigenvalue weighted by molar-refractivity contribution is -0.137. The summed E-state index contributed by atoms with van der Waals surface area (Å²) < 4.78 is 15.2. The molecule has 0 radical (unpaired) electrons. The Morgan fingerprint density at radius 3 is 2.08 bits per heavy atom. The second-order valence-electron chi connectivity index (χ2n) is 16.6. The quantitative estimate of drug-likeness (QED) is 0.120. The Morgan fingerprint density at radius 1 is 0.754 bits per heavy atom. The Hall–Kier alpha value is -6.22. The van der Waals surface area contributed by atoms with Crippen LogP contribution < -0.4 is 16.1 Å². The average Bonchev–Trinajstić information content (AvgIpc) is 4.08. The first kappa shape index (κ1) is 41.5. The number of ether oxygens (including phenoxy) is 3. The molecule has 0 saturated carbocycles. The molecule has 8 rings (SSSR count). The van der Waals surface area contributed by atoms with Crippen LogP contribution in [0.25, 0.3) is 44.1 Å². The molecule has 0 spiro atoms. The van der Waals surface area contributed by atoms with Gasteiger partial charge in [-0.1, -0.05) is 44.2 Å². The molecule has 4 N–H and O–H groups in total. The summed E-state index contributed by atoms with van der Waals surface area (Å²) in [7, 11) is 2.57. The molecule has 3 aromatic carbocycles. The fourth-order valence-corrected chi connectivity index (χ4v) is 9.22. The predicted molar refractivity (Wildman–Crippen MR) is 230 cm³/mol. The first-order chi connectivity index (χ1) is 29.5. The smallest absolute Gasteiger partial charge is 0.407 e. The van der Waals surface area contributed by atoms with Gasteiger partial charge in [0.15, 0.2) is 5.43 Å². The fourth-order valence-electron chi connectivity index (χ4n) is 9.22. The Labute approximate surface area is 353 Å². The number of likely N-dealkylation sites (tertiary alicyclic amines) is 2. The van der Waals surface area contributed by atoms with Crippen LogP contribution in [0.4, 0.5) is 9.59 Å². The van der Waals surface area contributed by atoms with Gasteiger partial charge in [-0.05, 0) is 96.5 Å². The van der Waals surface area contributed by atoms with E-state index in [1.807, 2.05) is 38.1 Å². The maximum Gasteiger partial charge on any atom is 0.407 e. The Bertz CT molecular complexity index is 2510. The number of imidazole rings is 1. The van der Waals surface area contributed by atoms with E-state index in [-0.39, 0.29) is 41.2 Å². The number of fused-ring (bicyclic) bond motifs is 2. The number of aromatic amines is 2. The average molecular weight is 832 g/mol. The van der Waals surface area contributed by atoms with Crippen LogP contribution in [0, 0.1) is 11.8 Å². The first-order valence-corrected chi connectivity index (χ1v) is 21.2. The zero-order valence-electron chi connectivity index (χ0n) is 35.0. The van der Waals surface area contributed by atoms with Crippen LogP contribution in [0.3, 0.4) is 0 Å². The van der Waals surface area contributed by atoms with Crippen molar-refractivity contribution in [2.75, 3.05) is 40.5 Å². The monoisotopic (exact) mass is 831 g/mol. The number of carbonyl (C=O) groups excluding carboxylic acids is 4. The van der Waals surface area contributed by atoms with Crippen molar-refractivity contribution in [3.8, 4) is 22.4 Å². The van der Waals surface area contributed by atoms with Crippen molar-refractivity contribution < 1.29 is 33.4 Å². The van der Waals surface area contributed by atoms with Crippen molar-refractivity contribution in [1.29, 1.82) is 0 Å². The molecular formula is C46H53N7O8. The highest BCUT2D eigenvalue weighted by molar-refractivity contribution is 5.92. The molecule has 3 saturated heterocycles. The van der Waals surface area contributed by atoms with E-state index in [1.165, 1.54) is 14.2 Å². The van der Waals surface area contributed by atoms with Crippen LogP contribution in [0.2, 0.25) is 0 Å². The Kier molecular flexibility index (Phi) is 12.1. The fraction of sp³-hybridized carbons (Fsp3) is 0.435. The number of rotatable bonds is 10. The molecule has 2 aromatic heterocycles. The van der Waals surface area contributed by atoms with Gasteiger partial charge < -0.3 is 44.6 Å². The molecular weight excluding hydrogens is 779 g/mol. The number of benzene rings is 3. The van der Waals surface area contributed by atoms with E-state index < -0.39 is 24.3 Å². The maximum atomic E-state index is 14.1. The minimum absolute atomic E-state index is 0.0823. The van der Waals surface area contributed by atoms with Crippen LogP contribution in [-0.4, -0.2) is 101 Å². The summed E-state index contributed by atoms with van der Waals surface area (Å²) in [6, 6.07) is 17.8. The molecule has 61 heavy (non-hydrogen) atoms. The summed E-state index contributed by atoms with van der Waals surface area (Å²) in [4.78, 5) is 80.9. The van der Waals surface area contributed by atoms with Crippen LogP contribution in [0.5, 0.6) is 0 Å². The molecule has 3 aliphatic heterocycles. The van der Waals surface area contributed by atoms with Gasteiger partial charge in [-0.25, -0.2) is 14.6 Å². The second-order valence-corrected chi connectivity index (χ2v) is 16.6. The summed E-state index contributed by atoms with van der Waals surface area (Å²) in [5.74, 6) is 0.167. The van der Waals surface area contributed by atoms with E-state index in [2.05, 4.69) is 50.9 Å². The lowest BCUT2D eigenvalue weighted by Crippen LogP contribution is -2.53. The zero-order chi connectivity index (χ0) is 42.8. The number of aromatic nitrogens is 3. The molecule has 5 aromatic rings. The largest absolute Gasteiger partial charge is 0.453 e. The number of amides is 4. The third kappa shape index (κ3) is 8.56. The van der Waals surface area contributed by atoms with E-state index in [9.17, 15) is 24.0 Å². The van der Waals surface area contributed by atoms with Crippen molar-refractivity contribution in [3.05, 3.63) is 88.6 Å². The summed E-state index contributed by atoms with van der Waals surface area (Å²) in [6.07, 6.45) is 4.87. The van der Waals surface area contributed by atoms with Gasteiger partial charge in [-0.3, -0.25) is 14.4 Å². The van der Waals surface area contributed by atoms with Crippen molar-refractivity contribution in [2.24, 2.45) is 11.8 Å². The third-order valence-electron chi connectivity index (χ3n) is 12.5. The zero-order valence-corrected chi connectivity index (χ0v) is 35.0. The number of nitrogens with zero attached hydrogens (tertiary/aromatic N) is 3. The first-order valence-electron chi connectivity index (χ1n) is 21.2. The lowest BCUT2D eigenvalue weighted by Gasteiger charge is -2.34. The maximum absolute atomic E-state index is 14.1. The highest BCUT2D eigenvalue weighted by Gasteiger charge is 2.40. The second kappa shape index (κ2) is 17.8. The molecule has 15 heteroatoms. The van der Waals surface area contributed by atoms with Gasteiger partial charge in [0.2, 0.25) is 11.8 Å². The number of methoxy groups -OCH3 is 2. The van der Waals surface area contributed by atoms with E-state index in [1.54, 1.807) is 22.1 Å². The number of hydrogen-bond acceptors (Lipinski definition) is 9. The number of carbonyl (C=O) groups is 4. The number of nitrogens with one attached hydrogen (secondary N) is 4. The molecule has 3 aliphatic rings. The predicted octanol–water partition coefficient (Wildman–Crippen LogP) is 6.60. The molecule has 0 aliphatic carbocycles. The summed E-state index contributed by atoms with van der Waals surface area (Å²) in [5.41, 5.74) is 4.93. The van der Waals surface area contributed by atoms with Crippen LogP contribution >= 0.6 is 0 Å². The molecule has 320 valence electrons. The number of alkyl carbamates (subject to hydrolysis) is 2.